The highest BCUT2D eigenvalue weighted by Crippen LogP contribution is 2.42. The van der Waals surface area contributed by atoms with Crippen LogP contribution in [0.25, 0.3) is 50.3 Å². The van der Waals surface area contributed by atoms with E-state index in [4.69, 9.17) is 19.4 Å². The molecule has 6 aromatic rings. The molecule has 6 heterocycles. The number of hydrogen-bond donors (Lipinski definition) is 0. The van der Waals surface area contributed by atoms with Gasteiger partial charge in [0.15, 0.2) is 21.7 Å². The van der Waals surface area contributed by atoms with Crippen LogP contribution in [0.15, 0.2) is 55.6 Å². The molecule has 13 heteroatoms. The third kappa shape index (κ3) is 5.95. The molecule has 0 N–H and O–H groups in total. The largest absolute Gasteiger partial charge is 0.492 e. The number of ether oxygens (including phenoxy) is 2. The van der Waals surface area contributed by atoms with Crippen molar-refractivity contribution in [2.45, 2.75) is 52.6 Å². The molecule has 0 radical (unpaired) electrons. The van der Waals surface area contributed by atoms with Gasteiger partial charge in [0.2, 0.25) is 0 Å². The summed E-state index contributed by atoms with van der Waals surface area (Å²) in [6.07, 6.45) is 7.44. The van der Waals surface area contributed by atoms with E-state index in [1.54, 1.807) is 47.5 Å². The number of rotatable bonds is 6. The maximum absolute atomic E-state index is 11.0. The van der Waals surface area contributed by atoms with Crippen molar-refractivity contribution >= 4 is 35.0 Å². The maximum Gasteiger partial charge on any atom is 0.187 e. The first kappa shape index (κ1) is 31.6. The Morgan fingerprint density at radius 2 is 1.23 bits per heavy atom. The van der Waals surface area contributed by atoms with E-state index in [2.05, 4.69) is 60.5 Å². The number of fused-ring (bicyclic) bond motifs is 6. The predicted octanol–water partition coefficient (Wildman–Crippen LogP) is 7.62. The van der Waals surface area contributed by atoms with Crippen molar-refractivity contribution < 1.29 is 14.3 Å². The van der Waals surface area contributed by atoms with Crippen LogP contribution in [0.3, 0.4) is 0 Å². The highest BCUT2D eigenvalue weighted by atomic mass is 32.1. The van der Waals surface area contributed by atoms with E-state index in [0.717, 1.165) is 74.6 Å². The highest BCUT2D eigenvalue weighted by Gasteiger charge is 2.25. The molecule has 0 amide bonds. The van der Waals surface area contributed by atoms with Crippen molar-refractivity contribution in [3.63, 3.8) is 0 Å². The van der Waals surface area contributed by atoms with Crippen LogP contribution >= 0.6 is 22.7 Å². The first-order valence-corrected chi connectivity index (χ1v) is 17.4. The molecule has 48 heavy (non-hydrogen) atoms. The van der Waals surface area contributed by atoms with Gasteiger partial charge in [-0.15, -0.1) is 22.7 Å². The zero-order valence-electron chi connectivity index (χ0n) is 27.1. The Bertz CT molecular complexity index is 1970. The Morgan fingerprint density at radius 1 is 0.750 bits per heavy atom. The fourth-order valence-corrected chi connectivity index (χ4v) is 7.72. The van der Waals surface area contributed by atoms with Gasteiger partial charge in [0, 0.05) is 51.4 Å². The van der Waals surface area contributed by atoms with Gasteiger partial charge in [-0.05, 0) is 57.5 Å². The lowest BCUT2D eigenvalue weighted by molar-refractivity contribution is 0.112. The van der Waals surface area contributed by atoms with Gasteiger partial charge in [-0.1, -0.05) is 24.8 Å². The van der Waals surface area contributed by atoms with Gasteiger partial charge >= 0.3 is 0 Å². The van der Waals surface area contributed by atoms with Crippen LogP contribution in [-0.4, -0.2) is 59.0 Å². The van der Waals surface area contributed by atoms with Gasteiger partial charge in [0.05, 0.1) is 24.6 Å². The number of aromatic nitrogens is 8. The average molecular weight is 679 g/mol. The van der Waals surface area contributed by atoms with E-state index in [1.807, 2.05) is 33.6 Å². The zero-order chi connectivity index (χ0) is 33.4. The van der Waals surface area contributed by atoms with Crippen molar-refractivity contribution in [2.75, 3.05) is 13.2 Å². The number of benzene rings is 2. The third-order valence-electron chi connectivity index (χ3n) is 7.97. The molecule has 11 nitrogen and oxygen atoms in total. The van der Waals surface area contributed by atoms with E-state index in [9.17, 15) is 4.79 Å². The Balaban J connectivity index is 0.000000152. The molecular weight excluding hydrogens is 645 g/mol. The van der Waals surface area contributed by atoms with Gasteiger partial charge < -0.3 is 9.47 Å². The van der Waals surface area contributed by atoms with Gasteiger partial charge in [-0.3, -0.25) is 4.79 Å². The minimum atomic E-state index is 0.219. The summed E-state index contributed by atoms with van der Waals surface area (Å²) in [5.41, 5.74) is 5.52. The number of nitrogens with zero attached hydrogens (tertiary/aromatic N) is 8. The van der Waals surface area contributed by atoms with Gasteiger partial charge in [0.25, 0.3) is 0 Å². The Labute approximate surface area is 286 Å². The number of aldehydes is 1. The highest BCUT2D eigenvalue weighted by molar-refractivity contribution is 7.15. The third-order valence-corrected chi connectivity index (χ3v) is 10.2. The Kier molecular flexibility index (Phi) is 8.71. The second-order valence-corrected chi connectivity index (χ2v) is 14.0. The van der Waals surface area contributed by atoms with E-state index < -0.39 is 0 Å². The minimum Gasteiger partial charge on any atom is -0.492 e. The summed E-state index contributed by atoms with van der Waals surface area (Å²) < 4.78 is 15.5. The lowest BCUT2D eigenvalue weighted by atomic mass is 10.1. The number of carbonyl (C=O) groups excluding carboxylic acids is 1. The fourth-order valence-electron chi connectivity index (χ4n) is 5.63. The zero-order valence-corrected chi connectivity index (χ0v) is 28.7. The normalized spacial score (nSPS) is 13.1. The van der Waals surface area contributed by atoms with Crippen molar-refractivity contribution in [3.05, 3.63) is 76.5 Å². The van der Waals surface area contributed by atoms with Gasteiger partial charge in [-0.2, -0.15) is 10.2 Å². The van der Waals surface area contributed by atoms with E-state index in [0.29, 0.717) is 24.5 Å². The molecule has 2 aliphatic heterocycles. The maximum atomic E-state index is 11.0. The van der Waals surface area contributed by atoms with E-state index >= 15 is 0 Å². The molecule has 0 unspecified atom stereocenters. The smallest absolute Gasteiger partial charge is 0.187 e. The molecule has 0 saturated carbocycles. The molecule has 2 aromatic carbocycles. The molecule has 0 bridgehead atoms. The molecule has 4 aromatic heterocycles. The second kappa shape index (κ2) is 13.2. The van der Waals surface area contributed by atoms with E-state index in [-0.39, 0.29) is 12.1 Å². The standard InChI is InChI=1S/C18H18N4OS.C17H16N4O2S/c1-4-12-5-6-13-14(9-12)23-8-7-15-16(13)21-18(24-15)17-19-10-20-22(17)11(2)3;1-10(2)21-16(18-9-19-21)17-20-15-12-4-3-11(8-22)7-13(12)23-6-5-14(15)24-17/h4-6,9-11H,1,7-8H2,2-3H3;3-4,7-10H,5-6H2,1-2H3. The van der Waals surface area contributed by atoms with Crippen molar-refractivity contribution in [1.29, 1.82) is 0 Å². The number of hydrogen-bond acceptors (Lipinski definition) is 11. The average Bonchev–Trinajstić information content (AvgIpc) is 3.89. The number of carbonyl (C=O) groups is 1. The van der Waals surface area contributed by atoms with Crippen LogP contribution in [0.1, 0.15) is 65.5 Å². The molecule has 0 fully saturated rings. The monoisotopic (exact) mass is 678 g/mol. The molecule has 244 valence electrons. The van der Waals surface area contributed by atoms with Crippen molar-refractivity contribution in [2.24, 2.45) is 0 Å². The lowest BCUT2D eigenvalue weighted by Gasteiger charge is -2.08. The first-order chi connectivity index (χ1) is 23.3. The number of thiazole rings is 2. The van der Waals surface area contributed by atoms with Gasteiger partial charge in [0.1, 0.15) is 30.4 Å². The first-order valence-electron chi connectivity index (χ1n) is 15.8. The summed E-state index contributed by atoms with van der Waals surface area (Å²) in [7, 11) is 0. The molecule has 0 spiro atoms. The van der Waals surface area contributed by atoms with Crippen molar-refractivity contribution in [3.8, 4) is 55.7 Å². The topological polar surface area (TPSA) is 123 Å². The Hall–Kier alpha value is -5.01. The molecule has 0 saturated heterocycles. The minimum absolute atomic E-state index is 0.219. The molecule has 0 aliphatic carbocycles. The molecule has 0 atom stereocenters. The van der Waals surface area contributed by atoms with Crippen LogP contribution in [0.5, 0.6) is 11.5 Å². The van der Waals surface area contributed by atoms with Crippen LogP contribution in [0.2, 0.25) is 0 Å². The van der Waals surface area contributed by atoms with Gasteiger partial charge in [-0.25, -0.2) is 29.3 Å². The fraction of sp³-hybridized carbons (Fsp3) is 0.286. The summed E-state index contributed by atoms with van der Waals surface area (Å²) in [5, 5.41) is 10.4. The lowest BCUT2D eigenvalue weighted by Crippen LogP contribution is -2.04. The Morgan fingerprint density at radius 3 is 1.69 bits per heavy atom. The summed E-state index contributed by atoms with van der Waals surface area (Å²) in [6.45, 7) is 13.4. The van der Waals surface area contributed by atoms with Crippen LogP contribution in [0.4, 0.5) is 0 Å². The second-order valence-electron chi connectivity index (χ2n) is 11.9. The predicted molar refractivity (Wildman–Crippen MR) is 188 cm³/mol. The SMILES string of the molecule is C=Cc1ccc2c(c1)OCCc1sc(-c3ncnn3C(C)C)nc1-2.CC(C)n1ncnc1-c1nc2c(s1)CCOc1cc(C=O)ccc1-2. The summed E-state index contributed by atoms with van der Waals surface area (Å²) in [5.74, 6) is 3.19. The van der Waals surface area contributed by atoms with Crippen LogP contribution in [-0.2, 0) is 12.8 Å². The quantitative estimate of drug-likeness (QED) is 0.164. The summed E-state index contributed by atoms with van der Waals surface area (Å²) >= 11 is 3.30. The molecular formula is C35H34N8O3S2. The van der Waals surface area contributed by atoms with Crippen molar-refractivity contribution in [1.82, 2.24) is 39.5 Å². The summed E-state index contributed by atoms with van der Waals surface area (Å²) in [4.78, 5) is 31.9. The van der Waals surface area contributed by atoms with Crippen LogP contribution in [0, 0.1) is 0 Å². The molecule has 8 rings (SSSR count). The summed E-state index contributed by atoms with van der Waals surface area (Å²) in [6, 6.07) is 12.1. The molecule has 2 aliphatic rings. The van der Waals surface area contributed by atoms with Crippen LogP contribution < -0.4 is 9.47 Å². The van der Waals surface area contributed by atoms with E-state index in [1.165, 1.54) is 9.75 Å².